The first-order chi connectivity index (χ1) is 12.4. The van der Waals surface area contributed by atoms with Crippen molar-refractivity contribution in [2.24, 2.45) is 0 Å². The monoisotopic (exact) mass is 366 g/mol. The van der Waals surface area contributed by atoms with Crippen molar-refractivity contribution in [2.45, 2.75) is 19.6 Å². The number of hydrogen-bond donors (Lipinski definition) is 0. The molecule has 4 rings (SSSR count). The lowest BCUT2D eigenvalue weighted by Crippen LogP contribution is -2.23. The lowest BCUT2D eigenvalue weighted by Gasteiger charge is -2.22. The maximum atomic E-state index is 4.44. The van der Waals surface area contributed by atoms with E-state index in [0.717, 1.165) is 24.8 Å². The summed E-state index contributed by atoms with van der Waals surface area (Å²) in [7, 11) is 0. The Kier molecular flexibility index (Phi) is 5.01. The molecule has 0 aliphatic rings. The maximum absolute atomic E-state index is 4.44. The third-order valence-corrected chi connectivity index (χ3v) is 5.46. The van der Waals surface area contributed by atoms with E-state index in [1.54, 1.807) is 22.7 Å². The lowest BCUT2D eigenvalue weighted by molar-refractivity contribution is 0.243. The predicted molar refractivity (Wildman–Crippen MR) is 103 cm³/mol. The number of thiazole rings is 1. The molecule has 0 amide bonds. The summed E-state index contributed by atoms with van der Waals surface area (Å²) in [5.74, 6) is 0. The second-order valence-electron chi connectivity index (χ2n) is 5.82. The van der Waals surface area contributed by atoms with Gasteiger partial charge in [0.15, 0.2) is 5.13 Å². The second kappa shape index (κ2) is 7.74. The van der Waals surface area contributed by atoms with Gasteiger partial charge >= 0.3 is 0 Å². The van der Waals surface area contributed by atoms with Crippen LogP contribution < -0.4 is 0 Å². The Morgan fingerprint density at radius 3 is 2.68 bits per heavy atom. The molecule has 0 bridgehead atoms. The van der Waals surface area contributed by atoms with Crippen LogP contribution in [0.2, 0.25) is 0 Å². The zero-order valence-electron chi connectivity index (χ0n) is 13.7. The third kappa shape index (κ3) is 4.04. The molecule has 0 aromatic carbocycles. The minimum Gasteiger partial charge on any atom is -0.296 e. The van der Waals surface area contributed by atoms with Crippen LogP contribution in [0.25, 0.3) is 5.13 Å². The van der Waals surface area contributed by atoms with E-state index >= 15 is 0 Å². The van der Waals surface area contributed by atoms with Gasteiger partial charge in [-0.1, -0.05) is 6.07 Å². The van der Waals surface area contributed by atoms with Crippen molar-refractivity contribution in [3.8, 4) is 5.13 Å². The number of aromatic nitrogens is 3. The Hall–Kier alpha value is -2.28. The average Bonchev–Trinajstić information content (AvgIpc) is 3.38. The first-order valence-electron chi connectivity index (χ1n) is 8.07. The van der Waals surface area contributed by atoms with E-state index in [4.69, 9.17) is 0 Å². The average molecular weight is 367 g/mol. The fraction of sp³-hybridized carbons (Fsp3) is 0.158. The fourth-order valence-electron chi connectivity index (χ4n) is 2.85. The largest absolute Gasteiger partial charge is 0.296 e. The molecule has 25 heavy (non-hydrogen) atoms. The van der Waals surface area contributed by atoms with Gasteiger partial charge in [0.25, 0.3) is 0 Å². The van der Waals surface area contributed by atoms with E-state index < -0.39 is 0 Å². The Balaban J connectivity index is 1.57. The molecular weight excluding hydrogens is 348 g/mol. The Morgan fingerprint density at radius 1 is 0.960 bits per heavy atom. The lowest BCUT2D eigenvalue weighted by atomic mass is 10.2. The highest BCUT2D eigenvalue weighted by atomic mass is 32.1. The highest BCUT2D eigenvalue weighted by Crippen LogP contribution is 2.19. The zero-order valence-corrected chi connectivity index (χ0v) is 15.3. The SMILES string of the molecule is c1cncc(CN(Cc2ccsc2)Cc2cccn2-c2nccs2)c1. The number of hydrogen-bond acceptors (Lipinski definition) is 5. The topological polar surface area (TPSA) is 34.0 Å². The molecule has 0 spiro atoms. The normalized spacial score (nSPS) is 11.2. The number of pyridine rings is 1. The predicted octanol–water partition coefficient (Wildman–Crippen LogP) is 4.59. The van der Waals surface area contributed by atoms with Crippen molar-refractivity contribution in [1.29, 1.82) is 0 Å². The van der Waals surface area contributed by atoms with Gasteiger partial charge < -0.3 is 0 Å². The summed E-state index contributed by atoms with van der Waals surface area (Å²) in [4.78, 5) is 11.1. The van der Waals surface area contributed by atoms with Crippen LogP contribution in [0, 0.1) is 0 Å². The van der Waals surface area contributed by atoms with E-state index in [1.807, 2.05) is 30.0 Å². The molecule has 0 N–H and O–H groups in total. The molecule has 0 saturated carbocycles. The van der Waals surface area contributed by atoms with Gasteiger partial charge in [-0.3, -0.25) is 14.5 Å². The molecule has 4 nitrogen and oxygen atoms in total. The smallest absolute Gasteiger partial charge is 0.193 e. The van der Waals surface area contributed by atoms with E-state index in [1.165, 1.54) is 16.8 Å². The van der Waals surface area contributed by atoms with Crippen molar-refractivity contribution < 1.29 is 0 Å². The number of nitrogens with zero attached hydrogens (tertiary/aromatic N) is 4. The molecule has 4 aromatic rings. The molecule has 0 radical (unpaired) electrons. The second-order valence-corrected chi connectivity index (χ2v) is 7.48. The van der Waals surface area contributed by atoms with Gasteiger partial charge in [0.05, 0.1) is 0 Å². The van der Waals surface area contributed by atoms with Gasteiger partial charge in [-0.25, -0.2) is 4.98 Å². The van der Waals surface area contributed by atoms with Crippen molar-refractivity contribution in [3.05, 3.63) is 88.1 Å². The standard InChI is InChI=1S/C19H18N4S2/c1-3-16(11-20-6-1)12-22(13-17-5-9-24-15-17)14-18-4-2-8-23(18)19-21-7-10-25-19/h1-11,15H,12-14H2. The van der Waals surface area contributed by atoms with E-state index in [0.29, 0.717) is 0 Å². The maximum Gasteiger partial charge on any atom is 0.193 e. The van der Waals surface area contributed by atoms with E-state index in [-0.39, 0.29) is 0 Å². The van der Waals surface area contributed by atoms with Gasteiger partial charge in [0, 0.05) is 55.5 Å². The molecule has 0 unspecified atom stereocenters. The fourth-order valence-corrected chi connectivity index (χ4v) is 4.17. The van der Waals surface area contributed by atoms with E-state index in [9.17, 15) is 0 Å². The molecule has 0 atom stereocenters. The van der Waals surface area contributed by atoms with Crippen LogP contribution in [0.15, 0.2) is 71.3 Å². The molecule has 126 valence electrons. The molecule has 0 aliphatic heterocycles. The quantitative estimate of drug-likeness (QED) is 0.480. The minimum atomic E-state index is 0.858. The van der Waals surface area contributed by atoms with Gasteiger partial charge in [-0.2, -0.15) is 11.3 Å². The van der Waals surface area contributed by atoms with Crippen LogP contribution in [0.1, 0.15) is 16.8 Å². The molecule has 4 aromatic heterocycles. The van der Waals surface area contributed by atoms with Crippen LogP contribution in [-0.2, 0) is 19.6 Å². The van der Waals surface area contributed by atoms with Crippen molar-refractivity contribution in [1.82, 2.24) is 19.4 Å². The Labute approximate surface area is 155 Å². The Bertz CT molecular complexity index is 883. The highest BCUT2D eigenvalue weighted by Gasteiger charge is 2.13. The third-order valence-electron chi connectivity index (χ3n) is 3.96. The van der Waals surface area contributed by atoms with Crippen molar-refractivity contribution in [3.63, 3.8) is 0 Å². The van der Waals surface area contributed by atoms with Gasteiger partial charge in [-0.15, -0.1) is 11.3 Å². The summed E-state index contributed by atoms with van der Waals surface area (Å²) in [6.45, 7) is 2.64. The summed E-state index contributed by atoms with van der Waals surface area (Å²) in [5, 5.41) is 7.38. The van der Waals surface area contributed by atoms with Crippen LogP contribution in [0.5, 0.6) is 0 Å². The highest BCUT2D eigenvalue weighted by molar-refractivity contribution is 7.12. The summed E-state index contributed by atoms with van der Waals surface area (Å²) in [6.07, 6.45) is 7.70. The minimum absolute atomic E-state index is 0.858. The number of rotatable bonds is 7. The van der Waals surface area contributed by atoms with Crippen LogP contribution in [0.3, 0.4) is 0 Å². The summed E-state index contributed by atoms with van der Waals surface area (Å²) in [6, 6.07) is 10.6. The van der Waals surface area contributed by atoms with E-state index in [2.05, 4.69) is 60.7 Å². The molecule has 0 fully saturated rings. The van der Waals surface area contributed by atoms with Crippen LogP contribution in [-0.4, -0.2) is 19.4 Å². The molecule has 6 heteroatoms. The molecule has 0 aliphatic carbocycles. The zero-order chi connectivity index (χ0) is 16.9. The first-order valence-corrected chi connectivity index (χ1v) is 9.89. The van der Waals surface area contributed by atoms with Gasteiger partial charge in [0.2, 0.25) is 0 Å². The Morgan fingerprint density at radius 2 is 1.92 bits per heavy atom. The first kappa shape index (κ1) is 16.2. The summed E-state index contributed by atoms with van der Waals surface area (Å²) in [5.41, 5.74) is 3.82. The molecular formula is C19H18N4S2. The van der Waals surface area contributed by atoms with Gasteiger partial charge in [0.1, 0.15) is 0 Å². The summed E-state index contributed by atoms with van der Waals surface area (Å²) >= 11 is 3.40. The van der Waals surface area contributed by atoms with Crippen LogP contribution >= 0.6 is 22.7 Å². The van der Waals surface area contributed by atoms with Crippen molar-refractivity contribution in [2.75, 3.05) is 0 Å². The number of thiophene rings is 1. The van der Waals surface area contributed by atoms with Crippen LogP contribution in [0.4, 0.5) is 0 Å². The van der Waals surface area contributed by atoms with Gasteiger partial charge in [-0.05, 0) is 46.2 Å². The molecule has 0 saturated heterocycles. The summed E-state index contributed by atoms with van der Waals surface area (Å²) < 4.78 is 2.18. The molecule has 4 heterocycles. The van der Waals surface area contributed by atoms with Crippen molar-refractivity contribution >= 4 is 22.7 Å².